The Bertz CT molecular complexity index is 824. The highest BCUT2D eigenvalue weighted by Gasteiger charge is 2.24. The molecule has 5 nitrogen and oxygen atoms in total. The van der Waals surface area contributed by atoms with Gasteiger partial charge in [0.1, 0.15) is 0 Å². The molecule has 0 atom stereocenters. The first-order valence-corrected chi connectivity index (χ1v) is 10.5. The largest absolute Gasteiger partial charge is 0.352 e. The third kappa shape index (κ3) is 6.08. The Balaban J connectivity index is 1.39. The molecule has 2 aromatic rings. The predicted molar refractivity (Wildman–Crippen MR) is 117 cm³/mol. The zero-order chi connectivity index (χ0) is 20.6. The summed E-state index contributed by atoms with van der Waals surface area (Å²) in [6.45, 7) is 6.12. The van der Waals surface area contributed by atoms with Gasteiger partial charge in [0.25, 0.3) is 0 Å². The van der Waals surface area contributed by atoms with Crippen LogP contribution in [0, 0.1) is 12.8 Å². The molecular formula is C24H31N3O2. The van der Waals surface area contributed by atoms with Crippen LogP contribution in [0.3, 0.4) is 0 Å². The SMILES string of the molecule is CCc1ccc(NC(=O)N2CCC(CC(=O)NCc3ccccc3C)CC2)cc1. The second-order valence-electron chi connectivity index (χ2n) is 7.82. The summed E-state index contributed by atoms with van der Waals surface area (Å²) in [6, 6.07) is 16.0. The molecule has 1 saturated heterocycles. The van der Waals surface area contributed by atoms with Crippen LogP contribution in [0.2, 0.25) is 0 Å². The minimum Gasteiger partial charge on any atom is -0.352 e. The number of aryl methyl sites for hydroxylation is 2. The molecule has 3 rings (SSSR count). The lowest BCUT2D eigenvalue weighted by Gasteiger charge is -2.31. The van der Waals surface area contributed by atoms with Crippen LogP contribution in [-0.2, 0) is 17.8 Å². The Kier molecular flexibility index (Phi) is 7.28. The van der Waals surface area contributed by atoms with Gasteiger partial charge >= 0.3 is 6.03 Å². The molecule has 1 heterocycles. The van der Waals surface area contributed by atoms with Gasteiger partial charge in [-0.3, -0.25) is 4.79 Å². The number of nitrogens with zero attached hydrogens (tertiary/aromatic N) is 1. The van der Waals surface area contributed by atoms with E-state index >= 15 is 0 Å². The molecule has 29 heavy (non-hydrogen) atoms. The lowest BCUT2D eigenvalue weighted by atomic mass is 9.93. The molecule has 3 amide bonds. The van der Waals surface area contributed by atoms with Crippen LogP contribution in [0.15, 0.2) is 48.5 Å². The molecule has 5 heteroatoms. The number of rotatable bonds is 6. The topological polar surface area (TPSA) is 61.4 Å². The minimum atomic E-state index is -0.0586. The number of anilines is 1. The first-order valence-electron chi connectivity index (χ1n) is 10.5. The van der Waals surface area contributed by atoms with Gasteiger partial charge < -0.3 is 15.5 Å². The zero-order valence-corrected chi connectivity index (χ0v) is 17.4. The summed E-state index contributed by atoms with van der Waals surface area (Å²) in [4.78, 5) is 26.6. The van der Waals surface area contributed by atoms with Gasteiger partial charge in [-0.2, -0.15) is 0 Å². The van der Waals surface area contributed by atoms with Crippen LogP contribution in [-0.4, -0.2) is 29.9 Å². The minimum absolute atomic E-state index is 0.0586. The van der Waals surface area contributed by atoms with E-state index in [1.807, 2.05) is 47.4 Å². The molecule has 154 valence electrons. The van der Waals surface area contributed by atoms with Crippen molar-refractivity contribution in [1.82, 2.24) is 10.2 Å². The van der Waals surface area contributed by atoms with Crippen molar-refractivity contribution in [3.05, 3.63) is 65.2 Å². The zero-order valence-electron chi connectivity index (χ0n) is 17.4. The van der Waals surface area contributed by atoms with Crippen LogP contribution < -0.4 is 10.6 Å². The number of hydrogen-bond acceptors (Lipinski definition) is 2. The summed E-state index contributed by atoms with van der Waals surface area (Å²) < 4.78 is 0. The van der Waals surface area contributed by atoms with Crippen molar-refractivity contribution in [1.29, 1.82) is 0 Å². The highest BCUT2D eigenvalue weighted by atomic mass is 16.2. The standard InChI is InChI=1S/C24H31N3O2/c1-3-19-8-10-22(11-9-19)26-24(29)27-14-12-20(13-15-27)16-23(28)25-17-21-7-5-4-6-18(21)2/h4-11,20H,3,12-17H2,1-2H3,(H,25,28)(H,26,29). The van der Waals surface area contributed by atoms with Gasteiger partial charge in [0.2, 0.25) is 5.91 Å². The van der Waals surface area contributed by atoms with E-state index in [1.54, 1.807) is 0 Å². The molecule has 1 aliphatic heterocycles. The Hall–Kier alpha value is -2.82. The number of nitrogens with one attached hydrogen (secondary N) is 2. The monoisotopic (exact) mass is 393 g/mol. The van der Waals surface area contributed by atoms with Gasteiger partial charge in [-0.05, 0) is 60.9 Å². The molecule has 0 bridgehead atoms. The third-order valence-corrected chi connectivity index (χ3v) is 5.73. The van der Waals surface area contributed by atoms with E-state index in [9.17, 15) is 9.59 Å². The molecular weight excluding hydrogens is 362 g/mol. The predicted octanol–water partition coefficient (Wildman–Crippen LogP) is 4.51. The van der Waals surface area contributed by atoms with Crippen molar-refractivity contribution in [2.45, 2.75) is 46.1 Å². The summed E-state index contributed by atoms with van der Waals surface area (Å²) in [5.74, 6) is 0.423. The van der Waals surface area contributed by atoms with Crippen LogP contribution in [0.4, 0.5) is 10.5 Å². The normalized spacial score (nSPS) is 14.5. The highest BCUT2D eigenvalue weighted by Crippen LogP contribution is 2.21. The maximum absolute atomic E-state index is 12.5. The Labute approximate surface area is 173 Å². The van der Waals surface area contributed by atoms with Gasteiger partial charge in [-0.25, -0.2) is 4.79 Å². The van der Waals surface area contributed by atoms with Gasteiger partial charge in [-0.15, -0.1) is 0 Å². The van der Waals surface area contributed by atoms with Crippen molar-refractivity contribution in [2.75, 3.05) is 18.4 Å². The number of piperidine rings is 1. The van der Waals surface area contributed by atoms with Crippen LogP contribution in [0.1, 0.15) is 42.9 Å². The fourth-order valence-corrected chi connectivity index (χ4v) is 3.70. The first-order chi connectivity index (χ1) is 14.0. The van der Waals surface area contributed by atoms with E-state index in [1.165, 1.54) is 11.1 Å². The van der Waals surface area contributed by atoms with E-state index in [-0.39, 0.29) is 11.9 Å². The number of urea groups is 1. The molecule has 0 aliphatic carbocycles. The van der Waals surface area contributed by atoms with Crippen molar-refractivity contribution in [2.24, 2.45) is 5.92 Å². The smallest absolute Gasteiger partial charge is 0.321 e. The average molecular weight is 394 g/mol. The first kappa shape index (κ1) is 20.9. The number of benzene rings is 2. The maximum Gasteiger partial charge on any atom is 0.321 e. The quantitative estimate of drug-likeness (QED) is 0.759. The lowest BCUT2D eigenvalue weighted by Crippen LogP contribution is -2.41. The van der Waals surface area contributed by atoms with Crippen molar-refractivity contribution in [3.8, 4) is 0 Å². The van der Waals surface area contributed by atoms with Crippen molar-refractivity contribution >= 4 is 17.6 Å². The summed E-state index contributed by atoms with van der Waals surface area (Å²) in [5, 5.41) is 6.00. The number of carbonyl (C=O) groups is 2. The number of hydrogen-bond donors (Lipinski definition) is 2. The maximum atomic E-state index is 12.5. The molecule has 0 spiro atoms. The van der Waals surface area contributed by atoms with Crippen LogP contribution in [0.25, 0.3) is 0 Å². The molecule has 0 unspecified atom stereocenters. The molecule has 2 aromatic carbocycles. The molecule has 0 aromatic heterocycles. The van der Waals surface area contributed by atoms with E-state index in [0.29, 0.717) is 32.0 Å². The van der Waals surface area contributed by atoms with Gasteiger partial charge in [0.15, 0.2) is 0 Å². The Morgan fingerprint density at radius 1 is 1.03 bits per heavy atom. The summed E-state index contributed by atoms with van der Waals surface area (Å²) in [6.07, 6.45) is 3.24. The van der Waals surface area contributed by atoms with E-state index in [2.05, 4.69) is 30.5 Å². The van der Waals surface area contributed by atoms with E-state index in [4.69, 9.17) is 0 Å². The van der Waals surface area contributed by atoms with E-state index < -0.39 is 0 Å². The number of carbonyl (C=O) groups excluding carboxylic acids is 2. The van der Waals surface area contributed by atoms with Gasteiger partial charge in [0, 0.05) is 31.7 Å². The third-order valence-electron chi connectivity index (χ3n) is 5.73. The van der Waals surface area contributed by atoms with Crippen LogP contribution >= 0.6 is 0 Å². The highest BCUT2D eigenvalue weighted by molar-refractivity contribution is 5.89. The number of amides is 3. The molecule has 0 radical (unpaired) electrons. The Morgan fingerprint density at radius 3 is 2.38 bits per heavy atom. The van der Waals surface area contributed by atoms with Crippen LogP contribution in [0.5, 0.6) is 0 Å². The molecule has 0 saturated carbocycles. The molecule has 2 N–H and O–H groups in total. The second kappa shape index (κ2) is 10.1. The summed E-state index contributed by atoms with van der Waals surface area (Å²) in [5.41, 5.74) is 4.42. The summed E-state index contributed by atoms with van der Waals surface area (Å²) >= 11 is 0. The second-order valence-corrected chi connectivity index (χ2v) is 7.82. The Morgan fingerprint density at radius 2 is 1.72 bits per heavy atom. The fraction of sp³-hybridized carbons (Fsp3) is 0.417. The van der Waals surface area contributed by atoms with Gasteiger partial charge in [-0.1, -0.05) is 43.3 Å². The lowest BCUT2D eigenvalue weighted by molar-refractivity contribution is -0.122. The van der Waals surface area contributed by atoms with E-state index in [0.717, 1.165) is 30.5 Å². The van der Waals surface area contributed by atoms with Crippen molar-refractivity contribution < 1.29 is 9.59 Å². The molecule has 1 aliphatic rings. The fourth-order valence-electron chi connectivity index (χ4n) is 3.70. The van der Waals surface area contributed by atoms with Gasteiger partial charge in [0.05, 0.1) is 0 Å². The number of likely N-dealkylation sites (tertiary alicyclic amines) is 1. The van der Waals surface area contributed by atoms with Crippen molar-refractivity contribution in [3.63, 3.8) is 0 Å². The average Bonchev–Trinajstić information content (AvgIpc) is 2.74. The summed E-state index contributed by atoms with van der Waals surface area (Å²) in [7, 11) is 0. The molecule has 1 fully saturated rings.